The lowest BCUT2D eigenvalue weighted by atomic mass is 10.0. The average molecular weight is 802 g/mol. The second kappa shape index (κ2) is 13.0. The number of fused-ring (bicyclic) bond motifs is 13. The molecule has 5 heteroatoms. The van der Waals surface area contributed by atoms with Crippen molar-refractivity contribution in [3.63, 3.8) is 0 Å². The summed E-state index contributed by atoms with van der Waals surface area (Å²) >= 11 is 0. The molecule has 0 bridgehead atoms. The van der Waals surface area contributed by atoms with E-state index in [2.05, 4.69) is 226 Å². The fraction of sp³-hybridized carbons (Fsp3) is 0. The first kappa shape index (κ1) is 34.2. The van der Waals surface area contributed by atoms with Crippen LogP contribution in [0.1, 0.15) is 0 Å². The first-order valence-electron chi connectivity index (χ1n) is 21.5. The Bertz CT molecular complexity index is 4210. The van der Waals surface area contributed by atoms with Crippen LogP contribution in [0.25, 0.3) is 126 Å². The van der Waals surface area contributed by atoms with Crippen LogP contribution in [0.5, 0.6) is 0 Å². The zero-order chi connectivity index (χ0) is 41.2. The van der Waals surface area contributed by atoms with Gasteiger partial charge in [-0.05, 0) is 76.8 Å². The summed E-state index contributed by atoms with van der Waals surface area (Å²) in [5.41, 5.74) is 11.0. The van der Waals surface area contributed by atoms with E-state index in [4.69, 9.17) is 9.97 Å². The van der Waals surface area contributed by atoms with Gasteiger partial charge in [-0.1, -0.05) is 152 Å². The number of rotatable bonds is 4. The molecule has 5 nitrogen and oxygen atoms in total. The number of hydrogen-bond acceptors (Lipinski definition) is 2. The van der Waals surface area contributed by atoms with Crippen LogP contribution in [-0.4, -0.2) is 23.7 Å². The van der Waals surface area contributed by atoms with Gasteiger partial charge in [0, 0.05) is 54.3 Å². The van der Waals surface area contributed by atoms with Crippen LogP contribution >= 0.6 is 0 Å². The molecule has 4 aromatic heterocycles. The number of nitrogens with zero attached hydrogens (tertiary/aromatic N) is 5. The third kappa shape index (κ3) is 4.76. The predicted molar refractivity (Wildman–Crippen MR) is 263 cm³/mol. The maximum absolute atomic E-state index is 5.70. The topological polar surface area (TPSA) is 40.6 Å². The SMILES string of the molecule is c1ccc(-n2c3ccccc3c3c(-c4nc(-n5c6ccccc6c6c(-n7c8ccccc8c8c9ccccc9ccc87)c7ccccc7cc65)c5ccccc5n4)cccc32)cc1. The molecule has 292 valence electrons. The molecule has 0 aliphatic heterocycles. The van der Waals surface area contributed by atoms with Crippen molar-refractivity contribution < 1.29 is 0 Å². The Morgan fingerprint density at radius 1 is 0.302 bits per heavy atom. The van der Waals surface area contributed by atoms with E-state index in [9.17, 15) is 0 Å². The van der Waals surface area contributed by atoms with E-state index in [0.29, 0.717) is 5.82 Å². The number of aromatic nitrogens is 5. The fourth-order valence-corrected chi connectivity index (χ4v) is 10.6. The van der Waals surface area contributed by atoms with Crippen molar-refractivity contribution in [2.75, 3.05) is 0 Å². The fourth-order valence-electron chi connectivity index (χ4n) is 10.6. The van der Waals surface area contributed by atoms with Crippen LogP contribution in [0.4, 0.5) is 0 Å². The molecule has 0 radical (unpaired) electrons. The Balaban J connectivity index is 1.12. The van der Waals surface area contributed by atoms with Crippen LogP contribution in [0, 0.1) is 0 Å². The quantitative estimate of drug-likeness (QED) is 0.178. The Labute approximate surface area is 360 Å². The predicted octanol–water partition coefficient (Wildman–Crippen LogP) is 14.9. The molecule has 63 heavy (non-hydrogen) atoms. The van der Waals surface area contributed by atoms with E-state index < -0.39 is 0 Å². The highest BCUT2D eigenvalue weighted by atomic mass is 15.1. The van der Waals surface area contributed by atoms with Crippen LogP contribution in [-0.2, 0) is 0 Å². The summed E-state index contributed by atoms with van der Waals surface area (Å²) in [5, 5.41) is 13.0. The number of para-hydroxylation sites is 5. The molecule has 0 amide bonds. The van der Waals surface area contributed by atoms with E-state index in [1.54, 1.807) is 0 Å². The summed E-state index contributed by atoms with van der Waals surface area (Å²) < 4.78 is 7.27. The third-order valence-corrected chi connectivity index (χ3v) is 13.2. The maximum Gasteiger partial charge on any atom is 0.162 e. The lowest BCUT2D eigenvalue weighted by Crippen LogP contribution is -2.03. The highest BCUT2D eigenvalue weighted by Gasteiger charge is 2.25. The van der Waals surface area contributed by atoms with E-state index >= 15 is 0 Å². The van der Waals surface area contributed by atoms with Crippen molar-refractivity contribution >= 4 is 97.9 Å². The minimum atomic E-state index is 0.687. The van der Waals surface area contributed by atoms with Crippen molar-refractivity contribution in [1.29, 1.82) is 0 Å². The molecule has 0 fully saturated rings. The molecular weight excluding hydrogens is 767 g/mol. The molecule has 0 atom stereocenters. The summed E-state index contributed by atoms with van der Waals surface area (Å²) in [5.74, 6) is 1.53. The minimum Gasteiger partial charge on any atom is -0.309 e. The Hall–Kier alpha value is -8.54. The zero-order valence-electron chi connectivity index (χ0n) is 33.9. The van der Waals surface area contributed by atoms with Gasteiger partial charge in [-0.15, -0.1) is 0 Å². The first-order chi connectivity index (χ1) is 31.3. The van der Waals surface area contributed by atoms with Gasteiger partial charge in [0.15, 0.2) is 5.82 Å². The van der Waals surface area contributed by atoms with Gasteiger partial charge >= 0.3 is 0 Å². The van der Waals surface area contributed by atoms with Crippen LogP contribution < -0.4 is 0 Å². The van der Waals surface area contributed by atoms with Gasteiger partial charge in [0.2, 0.25) is 0 Å². The van der Waals surface area contributed by atoms with Crippen molar-refractivity contribution in [1.82, 2.24) is 23.7 Å². The minimum absolute atomic E-state index is 0.687. The van der Waals surface area contributed by atoms with Gasteiger partial charge in [0.25, 0.3) is 0 Å². The molecule has 14 rings (SSSR count). The highest BCUT2D eigenvalue weighted by Crippen LogP contribution is 2.46. The maximum atomic E-state index is 5.70. The van der Waals surface area contributed by atoms with Crippen molar-refractivity contribution in [2.45, 2.75) is 0 Å². The van der Waals surface area contributed by atoms with Gasteiger partial charge in [0.1, 0.15) is 5.82 Å². The first-order valence-corrected chi connectivity index (χ1v) is 21.5. The smallest absolute Gasteiger partial charge is 0.162 e. The van der Waals surface area contributed by atoms with Gasteiger partial charge in [0.05, 0.1) is 44.3 Å². The number of benzene rings is 10. The molecule has 0 N–H and O–H groups in total. The molecule has 14 aromatic rings. The van der Waals surface area contributed by atoms with Crippen molar-refractivity contribution in [3.05, 3.63) is 212 Å². The largest absolute Gasteiger partial charge is 0.309 e. The summed E-state index contributed by atoms with van der Waals surface area (Å²) in [4.78, 5) is 11.1. The van der Waals surface area contributed by atoms with Gasteiger partial charge in [-0.3, -0.25) is 4.57 Å². The van der Waals surface area contributed by atoms with Crippen molar-refractivity contribution in [3.8, 4) is 28.6 Å². The molecule has 0 saturated heterocycles. The molecule has 4 heterocycles. The van der Waals surface area contributed by atoms with Gasteiger partial charge < -0.3 is 9.13 Å². The lowest BCUT2D eigenvalue weighted by Gasteiger charge is -2.16. The Kier molecular flexibility index (Phi) is 7.05. The molecule has 0 unspecified atom stereocenters. The third-order valence-electron chi connectivity index (χ3n) is 13.2. The Morgan fingerprint density at radius 3 is 1.63 bits per heavy atom. The number of hydrogen-bond donors (Lipinski definition) is 0. The molecule has 0 spiro atoms. The molecule has 10 aromatic carbocycles. The standard InChI is InChI=1S/C58H35N5/c1-2-19-38(20-3-1)61-47-29-13-9-24-42(47)54-45(27-16-32-50(54)61)57-59-46-28-12-8-23-41(46)58(60-57)63-49-31-15-11-26-44(49)55-52(63)35-37-18-5-7-22-40(37)56(55)62-48-30-14-10-25-43(48)53-39-21-6-4-17-36(39)33-34-51(53)62/h1-35H. The van der Waals surface area contributed by atoms with Gasteiger partial charge in [-0.25, -0.2) is 9.97 Å². The highest BCUT2D eigenvalue weighted by molar-refractivity contribution is 6.26. The summed E-state index contributed by atoms with van der Waals surface area (Å²) in [6, 6.07) is 76.5. The second-order valence-corrected chi connectivity index (χ2v) is 16.5. The molecular formula is C58H35N5. The van der Waals surface area contributed by atoms with Crippen LogP contribution in [0.3, 0.4) is 0 Å². The zero-order valence-corrected chi connectivity index (χ0v) is 33.9. The van der Waals surface area contributed by atoms with E-state index in [0.717, 1.165) is 77.3 Å². The van der Waals surface area contributed by atoms with Crippen LogP contribution in [0.15, 0.2) is 212 Å². The second-order valence-electron chi connectivity index (χ2n) is 16.5. The van der Waals surface area contributed by atoms with Crippen LogP contribution in [0.2, 0.25) is 0 Å². The monoisotopic (exact) mass is 801 g/mol. The van der Waals surface area contributed by atoms with Crippen molar-refractivity contribution in [2.24, 2.45) is 0 Å². The lowest BCUT2D eigenvalue weighted by molar-refractivity contribution is 1.08. The summed E-state index contributed by atoms with van der Waals surface area (Å²) in [6.07, 6.45) is 0. The summed E-state index contributed by atoms with van der Waals surface area (Å²) in [6.45, 7) is 0. The van der Waals surface area contributed by atoms with E-state index in [-0.39, 0.29) is 0 Å². The molecule has 0 saturated carbocycles. The molecule has 0 aliphatic carbocycles. The average Bonchev–Trinajstić information content (AvgIpc) is 3.99. The van der Waals surface area contributed by atoms with E-state index in [1.165, 1.54) is 43.4 Å². The summed E-state index contributed by atoms with van der Waals surface area (Å²) in [7, 11) is 0. The normalized spacial score (nSPS) is 12.1. The van der Waals surface area contributed by atoms with E-state index in [1.807, 2.05) is 0 Å². The van der Waals surface area contributed by atoms with Gasteiger partial charge in [-0.2, -0.15) is 0 Å². The Morgan fingerprint density at radius 2 is 0.857 bits per heavy atom. The molecule has 0 aliphatic rings.